The number of halogens is 5. The van der Waals surface area contributed by atoms with Gasteiger partial charge in [0.1, 0.15) is 5.75 Å². The van der Waals surface area contributed by atoms with Gasteiger partial charge in [-0.1, -0.05) is 0 Å². The number of hydrogen-bond acceptors (Lipinski definition) is 7. The molecule has 13 heteroatoms. The Morgan fingerprint density at radius 1 is 1.11 bits per heavy atom. The summed E-state index contributed by atoms with van der Waals surface area (Å²) in [7, 11) is 3.30. The smallest absolute Gasteiger partial charge is 0.422 e. The van der Waals surface area contributed by atoms with E-state index in [1.807, 2.05) is 0 Å². The molecule has 2 rings (SSSR count). The van der Waals surface area contributed by atoms with Crippen molar-refractivity contribution >= 4 is 32.5 Å². The normalized spacial score (nSPS) is 13.7. The first-order valence-corrected chi connectivity index (χ1v) is 8.31. The molecule has 0 spiro atoms. The lowest BCUT2D eigenvalue weighted by Gasteiger charge is -2.15. The zero-order valence-electron chi connectivity index (χ0n) is 13.8. The molecule has 0 aliphatic carbocycles. The molecule has 0 radical (unpaired) electrons. The van der Waals surface area contributed by atoms with Crippen LogP contribution in [0.4, 0.5) is 29.2 Å². The van der Waals surface area contributed by atoms with Crippen LogP contribution >= 0.6 is 20.8 Å². The van der Waals surface area contributed by atoms with Gasteiger partial charge in [0.15, 0.2) is 12.4 Å². The van der Waals surface area contributed by atoms with Crippen LogP contribution in [-0.2, 0) is 6.54 Å². The number of aromatic nitrogens is 3. The van der Waals surface area contributed by atoms with Crippen LogP contribution in [0.3, 0.4) is 0 Å². The summed E-state index contributed by atoms with van der Waals surface area (Å²) in [5, 5.41) is 3.14. The second-order valence-corrected chi connectivity index (χ2v) is 6.73. The van der Waals surface area contributed by atoms with Gasteiger partial charge in [-0.3, -0.25) is 0 Å². The van der Waals surface area contributed by atoms with Gasteiger partial charge in [-0.05, 0) is 52.2 Å². The van der Waals surface area contributed by atoms with E-state index in [1.54, 1.807) is 16.3 Å². The molecule has 148 valence electrons. The largest absolute Gasteiger partial charge is 0.454 e. The van der Waals surface area contributed by atoms with Crippen molar-refractivity contribution in [1.29, 1.82) is 0 Å². The van der Waals surface area contributed by atoms with E-state index in [9.17, 15) is 17.6 Å². The maximum atomic E-state index is 13.2. The molecule has 0 aliphatic rings. The van der Waals surface area contributed by atoms with Crippen molar-refractivity contribution in [2.75, 3.05) is 19.0 Å². The van der Waals surface area contributed by atoms with Gasteiger partial charge in [0.2, 0.25) is 5.95 Å². The number of alkyl halides is 5. The average Bonchev–Trinajstić information content (AvgIpc) is 2.53. The van der Waals surface area contributed by atoms with E-state index < -0.39 is 23.8 Å². The van der Waals surface area contributed by atoms with E-state index in [0.29, 0.717) is 5.69 Å². The summed E-state index contributed by atoms with van der Waals surface area (Å²) < 4.78 is 59.5. The zero-order chi connectivity index (χ0) is 20.1. The molecule has 27 heavy (non-hydrogen) atoms. The predicted octanol–water partition coefficient (Wildman–Crippen LogP) is 3.35. The molecule has 0 saturated carbocycles. The van der Waals surface area contributed by atoms with Crippen LogP contribution in [0.1, 0.15) is 5.82 Å². The number of rotatable bonds is 8. The lowest BCUT2D eigenvalue weighted by molar-refractivity contribution is -0.154. The highest BCUT2D eigenvalue weighted by molar-refractivity contribution is 7.21. The summed E-state index contributed by atoms with van der Waals surface area (Å²) in [6.07, 6.45) is -4.52. The van der Waals surface area contributed by atoms with Gasteiger partial charge in [-0.25, -0.2) is 0 Å². The Bertz CT molecular complexity index is 759. The van der Waals surface area contributed by atoms with Crippen LogP contribution < -0.4 is 20.1 Å². The van der Waals surface area contributed by atoms with E-state index in [4.69, 9.17) is 16.3 Å². The summed E-state index contributed by atoms with van der Waals surface area (Å²) in [4.78, 5) is 11.7. The SMILES string of the molecule is CNCc1nc(Nc2ccc(OC(F)(P)Cl)cc2)nc(OCC(F)(F)F)n1. The molecule has 0 aliphatic heterocycles. The molecule has 1 heterocycles. The average molecular weight is 428 g/mol. The maximum Gasteiger partial charge on any atom is 0.422 e. The first-order valence-electron chi connectivity index (χ1n) is 7.36. The van der Waals surface area contributed by atoms with Gasteiger partial charge in [0.25, 0.3) is 0 Å². The van der Waals surface area contributed by atoms with Crippen molar-refractivity contribution in [3.05, 3.63) is 30.1 Å². The predicted molar refractivity (Wildman–Crippen MR) is 93.9 cm³/mol. The first-order chi connectivity index (χ1) is 12.5. The Kier molecular flexibility index (Phi) is 6.96. The van der Waals surface area contributed by atoms with E-state index >= 15 is 0 Å². The van der Waals surface area contributed by atoms with Crippen LogP contribution in [0.15, 0.2) is 24.3 Å². The Morgan fingerprint density at radius 3 is 2.33 bits per heavy atom. The van der Waals surface area contributed by atoms with Gasteiger partial charge in [-0.2, -0.15) is 32.5 Å². The quantitative estimate of drug-likeness (QED) is 0.380. The van der Waals surface area contributed by atoms with Crippen molar-refractivity contribution in [3.63, 3.8) is 0 Å². The van der Waals surface area contributed by atoms with Crippen LogP contribution in [0.2, 0.25) is 0 Å². The van der Waals surface area contributed by atoms with Gasteiger partial charge in [-0.15, -0.1) is 0 Å². The van der Waals surface area contributed by atoms with Crippen molar-refractivity contribution in [3.8, 4) is 11.8 Å². The third kappa shape index (κ3) is 8.06. The Labute approximate surface area is 159 Å². The van der Waals surface area contributed by atoms with Crippen LogP contribution in [-0.4, -0.2) is 39.8 Å². The monoisotopic (exact) mass is 427 g/mol. The first kappa shape index (κ1) is 21.3. The van der Waals surface area contributed by atoms with E-state index in [2.05, 4.69) is 30.3 Å². The Balaban J connectivity index is 2.15. The minimum absolute atomic E-state index is 0.0238. The maximum absolute atomic E-state index is 13.2. The summed E-state index contributed by atoms with van der Waals surface area (Å²) >= 11 is 5.30. The van der Waals surface area contributed by atoms with Crippen LogP contribution in [0, 0.1) is 0 Å². The fourth-order valence-corrected chi connectivity index (χ4v) is 2.02. The van der Waals surface area contributed by atoms with Gasteiger partial charge >= 0.3 is 17.2 Å². The van der Waals surface area contributed by atoms with Crippen molar-refractivity contribution in [2.24, 2.45) is 0 Å². The zero-order valence-corrected chi connectivity index (χ0v) is 15.8. The van der Waals surface area contributed by atoms with Crippen LogP contribution in [0.5, 0.6) is 11.8 Å². The molecule has 7 nitrogen and oxygen atoms in total. The molecular formula is C14H15ClF4N5O2P. The van der Waals surface area contributed by atoms with E-state index in [1.165, 1.54) is 24.3 Å². The number of hydrogen-bond donors (Lipinski definition) is 2. The molecule has 1 aromatic carbocycles. The Morgan fingerprint density at radius 2 is 1.78 bits per heavy atom. The molecule has 2 N–H and O–H groups in total. The van der Waals surface area contributed by atoms with E-state index in [0.717, 1.165) is 0 Å². The lowest BCUT2D eigenvalue weighted by Crippen LogP contribution is -2.21. The lowest BCUT2D eigenvalue weighted by atomic mass is 10.3. The molecular weight excluding hydrogens is 413 g/mol. The third-order valence-corrected chi connectivity index (χ3v) is 2.92. The summed E-state index contributed by atoms with van der Waals surface area (Å²) in [5.41, 5.74) is 0.466. The highest BCUT2D eigenvalue weighted by Gasteiger charge is 2.29. The van der Waals surface area contributed by atoms with Crippen molar-refractivity contribution in [2.45, 2.75) is 17.8 Å². The molecule has 2 aromatic rings. The summed E-state index contributed by atoms with van der Waals surface area (Å²) in [6, 6.07) is 5.42. The molecule has 0 amide bonds. The number of anilines is 2. The number of nitrogens with one attached hydrogen (secondary N) is 2. The Hall–Kier alpha value is -1.97. The molecule has 1 aromatic heterocycles. The topological polar surface area (TPSA) is 81.2 Å². The highest BCUT2D eigenvalue weighted by atomic mass is 35.5. The number of nitrogens with zero attached hydrogens (tertiary/aromatic N) is 3. The van der Waals surface area contributed by atoms with E-state index in [-0.39, 0.29) is 24.1 Å². The molecule has 0 bridgehead atoms. The van der Waals surface area contributed by atoms with Gasteiger partial charge < -0.3 is 20.1 Å². The second-order valence-electron chi connectivity index (χ2n) is 5.11. The third-order valence-electron chi connectivity index (χ3n) is 2.73. The van der Waals surface area contributed by atoms with Gasteiger partial charge in [0, 0.05) is 5.69 Å². The molecule has 2 unspecified atom stereocenters. The van der Waals surface area contributed by atoms with Crippen LogP contribution in [0.25, 0.3) is 0 Å². The summed E-state index contributed by atoms with van der Waals surface area (Å²) in [5.74, 6) is 0.317. The molecule has 2 atom stereocenters. The number of ether oxygens (including phenoxy) is 2. The molecule has 0 fully saturated rings. The standard InChI is InChI=1S/C14H15ClF4N5O2P/c1-20-6-10-22-11(24-12(23-10)25-7-13(16,17)18)21-8-2-4-9(5-3-8)26-14(15,19)27/h2-5,20H,6-7,27H2,1H3,(H,21,22,23,24). The minimum atomic E-state index is -4.52. The summed E-state index contributed by atoms with van der Waals surface area (Å²) in [6.45, 7) is -1.34. The second kappa shape index (κ2) is 8.81. The fourth-order valence-electron chi connectivity index (χ4n) is 1.79. The fraction of sp³-hybridized carbons (Fsp3) is 0.357. The molecule has 0 saturated heterocycles. The highest BCUT2D eigenvalue weighted by Crippen LogP contribution is 2.30. The number of benzene rings is 1. The van der Waals surface area contributed by atoms with Crippen molar-refractivity contribution < 1.29 is 27.0 Å². The minimum Gasteiger partial charge on any atom is -0.454 e. The van der Waals surface area contributed by atoms with Gasteiger partial charge in [0.05, 0.1) is 6.54 Å². The van der Waals surface area contributed by atoms with Crippen molar-refractivity contribution in [1.82, 2.24) is 20.3 Å².